The van der Waals surface area contributed by atoms with Crippen LogP contribution in [0.15, 0.2) is 24.5 Å². The predicted molar refractivity (Wildman–Crippen MR) is 55.7 cm³/mol. The van der Waals surface area contributed by atoms with E-state index in [4.69, 9.17) is 0 Å². The van der Waals surface area contributed by atoms with Gasteiger partial charge in [-0.05, 0) is 12.1 Å². The molecule has 2 heterocycles. The molecule has 5 nitrogen and oxygen atoms in total. The lowest BCUT2D eigenvalue weighted by Gasteiger charge is -2.00. The molecule has 0 aliphatic rings. The third kappa shape index (κ3) is 1.25. The van der Waals surface area contributed by atoms with Gasteiger partial charge in [0.2, 0.25) is 4.96 Å². The van der Waals surface area contributed by atoms with Crippen molar-refractivity contribution in [3.05, 3.63) is 30.3 Å². The van der Waals surface area contributed by atoms with Gasteiger partial charge in [0.25, 0.3) is 0 Å². The molecule has 1 aromatic carbocycles. The third-order valence-corrected chi connectivity index (χ3v) is 3.02. The van der Waals surface area contributed by atoms with Gasteiger partial charge in [0.1, 0.15) is 17.9 Å². The Morgan fingerprint density at radius 1 is 1.38 bits per heavy atom. The smallest absolute Gasteiger partial charge is 0.234 e. The highest BCUT2D eigenvalue weighted by molar-refractivity contribution is 7.19. The molecule has 0 fully saturated rings. The molecule has 0 bridgehead atoms. The number of hydrogen-bond donors (Lipinski definition) is 1. The van der Waals surface area contributed by atoms with Crippen LogP contribution in [0.3, 0.4) is 0 Å². The van der Waals surface area contributed by atoms with E-state index in [0.717, 1.165) is 11.3 Å². The predicted octanol–water partition coefficient (Wildman–Crippen LogP) is 1.70. The summed E-state index contributed by atoms with van der Waals surface area (Å²) in [6.45, 7) is 0. The highest BCUT2D eigenvalue weighted by Crippen LogP contribution is 2.33. The summed E-state index contributed by atoms with van der Waals surface area (Å²) in [5, 5.41) is 21.5. The fourth-order valence-corrected chi connectivity index (χ4v) is 2.26. The second kappa shape index (κ2) is 3.24. The minimum absolute atomic E-state index is 0.0954. The van der Waals surface area contributed by atoms with Crippen LogP contribution in [0.4, 0.5) is 4.39 Å². The average molecular weight is 236 g/mol. The maximum absolute atomic E-state index is 13.5. The third-order valence-electron chi connectivity index (χ3n) is 2.09. The van der Waals surface area contributed by atoms with Crippen LogP contribution in [0.2, 0.25) is 0 Å². The van der Waals surface area contributed by atoms with Gasteiger partial charge in [-0.1, -0.05) is 17.4 Å². The fourth-order valence-electron chi connectivity index (χ4n) is 1.39. The topological polar surface area (TPSA) is 63.3 Å². The molecule has 0 saturated carbocycles. The van der Waals surface area contributed by atoms with Crippen LogP contribution in [-0.4, -0.2) is 24.9 Å². The molecule has 0 spiro atoms. The monoisotopic (exact) mass is 236 g/mol. The van der Waals surface area contributed by atoms with Crippen molar-refractivity contribution in [1.82, 2.24) is 19.8 Å². The van der Waals surface area contributed by atoms with E-state index in [0.29, 0.717) is 9.97 Å². The lowest BCUT2D eigenvalue weighted by molar-refractivity contribution is 0.472. The molecule has 7 heteroatoms. The van der Waals surface area contributed by atoms with E-state index in [2.05, 4.69) is 15.3 Å². The Hall–Kier alpha value is -2.02. The summed E-state index contributed by atoms with van der Waals surface area (Å²) in [6, 6.07) is 4.13. The van der Waals surface area contributed by atoms with E-state index in [1.807, 2.05) is 0 Å². The highest BCUT2D eigenvalue weighted by Gasteiger charge is 2.15. The number of nitrogens with zero attached hydrogens (tertiary/aromatic N) is 4. The van der Waals surface area contributed by atoms with Crippen molar-refractivity contribution >= 4 is 16.3 Å². The molecular weight excluding hydrogens is 231 g/mol. The first-order chi connectivity index (χ1) is 7.75. The molecule has 3 rings (SSSR count). The van der Waals surface area contributed by atoms with Crippen LogP contribution in [-0.2, 0) is 0 Å². The van der Waals surface area contributed by atoms with Crippen molar-refractivity contribution in [2.24, 2.45) is 0 Å². The van der Waals surface area contributed by atoms with Crippen LogP contribution in [0.5, 0.6) is 5.75 Å². The second-order valence-electron chi connectivity index (χ2n) is 3.10. The molecule has 1 N–H and O–H groups in total. The van der Waals surface area contributed by atoms with Crippen LogP contribution in [0.25, 0.3) is 15.5 Å². The van der Waals surface area contributed by atoms with E-state index in [9.17, 15) is 9.50 Å². The Bertz CT molecular complexity index is 614. The zero-order valence-corrected chi connectivity index (χ0v) is 8.65. The summed E-state index contributed by atoms with van der Waals surface area (Å²) in [7, 11) is 0. The zero-order chi connectivity index (χ0) is 11.1. The molecule has 0 atom stereocenters. The Morgan fingerprint density at radius 2 is 2.25 bits per heavy atom. The van der Waals surface area contributed by atoms with Gasteiger partial charge in [-0.2, -0.15) is 9.61 Å². The SMILES string of the molecule is Oc1cccc(F)c1-c1nn2cnnc2s1. The highest BCUT2D eigenvalue weighted by atomic mass is 32.1. The molecule has 0 amide bonds. The van der Waals surface area contributed by atoms with E-state index in [-0.39, 0.29) is 11.3 Å². The standard InChI is InChI=1S/C9H5FN4OS/c10-5-2-1-3-6(15)7(5)8-13-14-4-11-12-9(14)16-8/h1-4,15H. The summed E-state index contributed by atoms with van der Waals surface area (Å²) < 4.78 is 15.0. The van der Waals surface area contributed by atoms with Crippen LogP contribution in [0.1, 0.15) is 0 Å². The van der Waals surface area contributed by atoms with Gasteiger partial charge < -0.3 is 5.11 Å². The first-order valence-corrected chi connectivity index (χ1v) is 5.22. The quantitative estimate of drug-likeness (QED) is 0.698. The second-order valence-corrected chi connectivity index (χ2v) is 4.06. The minimum Gasteiger partial charge on any atom is -0.507 e. The Labute approximate surface area is 92.8 Å². The van der Waals surface area contributed by atoms with Gasteiger partial charge in [0.15, 0.2) is 5.01 Å². The number of hydrogen-bond acceptors (Lipinski definition) is 5. The number of phenolic OH excluding ortho intramolecular Hbond substituents is 1. The van der Waals surface area contributed by atoms with E-state index in [1.165, 1.54) is 29.0 Å². The molecular formula is C9H5FN4OS. The van der Waals surface area contributed by atoms with Gasteiger partial charge in [-0.25, -0.2) is 4.39 Å². The van der Waals surface area contributed by atoms with Gasteiger partial charge in [0, 0.05) is 0 Å². The summed E-state index contributed by atoms with van der Waals surface area (Å²) in [5.74, 6) is -0.644. The molecule has 2 aromatic heterocycles. The first kappa shape index (κ1) is 9.22. The number of phenols is 1. The number of fused-ring (bicyclic) bond motifs is 1. The minimum atomic E-state index is -0.509. The van der Waals surface area contributed by atoms with Gasteiger partial charge in [-0.15, -0.1) is 10.2 Å². The largest absolute Gasteiger partial charge is 0.507 e. The molecule has 16 heavy (non-hydrogen) atoms. The van der Waals surface area contributed by atoms with Crippen LogP contribution in [0, 0.1) is 5.82 Å². The van der Waals surface area contributed by atoms with Crippen LogP contribution < -0.4 is 0 Å². The molecule has 0 saturated heterocycles. The number of benzene rings is 1. The Kier molecular flexibility index (Phi) is 1.87. The lowest BCUT2D eigenvalue weighted by atomic mass is 10.2. The van der Waals surface area contributed by atoms with Gasteiger partial charge in [-0.3, -0.25) is 0 Å². The first-order valence-electron chi connectivity index (χ1n) is 4.40. The van der Waals surface area contributed by atoms with Crippen molar-refractivity contribution in [3.63, 3.8) is 0 Å². The molecule has 0 unspecified atom stereocenters. The Balaban J connectivity index is 2.26. The number of halogens is 1. The Morgan fingerprint density at radius 3 is 3.00 bits per heavy atom. The summed E-state index contributed by atoms with van der Waals surface area (Å²) in [6.07, 6.45) is 1.42. The zero-order valence-electron chi connectivity index (χ0n) is 7.83. The molecule has 3 aromatic rings. The number of aromatic nitrogens is 4. The van der Waals surface area contributed by atoms with Gasteiger partial charge in [0.05, 0.1) is 5.56 Å². The molecule has 0 aliphatic carbocycles. The van der Waals surface area contributed by atoms with Crippen molar-refractivity contribution in [3.8, 4) is 16.3 Å². The normalized spacial score (nSPS) is 11.1. The number of aromatic hydroxyl groups is 1. The maximum atomic E-state index is 13.5. The molecule has 0 radical (unpaired) electrons. The van der Waals surface area contributed by atoms with E-state index < -0.39 is 5.82 Å². The van der Waals surface area contributed by atoms with Crippen molar-refractivity contribution < 1.29 is 9.50 Å². The fraction of sp³-hybridized carbons (Fsp3) is 0. The van der Waals surface area contributed by atoms with Gasteiger partial charge >= 0.3 is 0 Å². The van der Waals surface area contributed by atoms with Crippen molar-refractivity contribution in [2.45, 2.75) is 0 Å². The average Bonchev–Trinajstić information content (AvgIpc) is 2.77. The summed E-state index contributed by atoms with van der Waals surface area (Å²) in [4.78, 5) is 0.553. The summed E-state index contributed by atoms with van der Waals surface area (Å²) >= 11 is 1.16. The number of rotatable bonds is 1. The van der Waals surface area contributed by atoms with E-state index in [1.54, 1.807) is 0 Å². The maximum Gasteiger partial charge on any atom is 0.234 e. The summed E-state index contributed by atoms with van der Waals surface area (Å²) in [5.41, 5.74) is 0.0954. The molecule has 80 valence electrons. The van der Waals surface area contributed by atoms with Crippen molar-refractivity contribution in [2.75, 3.05) is 0 Å². The molecule has 0 aliphatic heterocycles. The van der Waals surface area contributed by atoms with Crippen LogP contribution >= 0.6 is 11.3 Å². The lowest BCUT2D eigenvalue weighted by Crippen LogP contribution is -1.86. The van der Waals surface area contributed by atoms with Crippen molar-refractivity contribution in [1.29, 1.82) is 0 Å². The van der Waals surface area contributed by atoms with E-state index >= 15 is 0 Å².